The minimum Gasteiger partial charge on any atom is -0.330 e. The van der Waals surface area contributed by atoms with Gasteiger partial charge in [-0.2, -0.15) is 0 Å². The third-order valence-corrected chi connectivity index (χ3v) is 5.60. The van der Waals surface area contributed by atoms with Crippen LogP contribution >= 0.6 is 50.5 Å². The molecule has 0 aliphatic heterocycles. The van der Waals surface area contributed by atoms with Crippen LogP contribution < -0.4 is 5.32 Å². The highest BCUT2D eigenvalue weighted by atomic mass is 79.9. The standard InChI is InChI=1S/C14H9BrCl2N2S/c1-7-3-2-4-10-13(7)19-14(20-10)18-9-6-5-8(15)11(16)12(9)17/h2-6H,1H3,(H,18,19). The first-order valence-electron chi connectivity index (χ1n) is 5.83. The number of hydrogen-bond acceptors (Lipinski definition) is 3. The first-order valence-corrected chi connectivity index (χ1v) is 8.19. The van der Waals surface area contributed by atoms with Crippen LogP contribution in [-0.2, 0) is 0 Å². The molecule has 0 bridgehead atoms. The monoisotopic (exact) mass is 386 g/mol. The number of para-hydroxylation sites is 1. The highest BCUT2D eigenvalue weighted by Crippen LogP contribution is 2.38. The number of nitrogens with one attached hydrogen (secondary N) is 1. The molecule has 0 fully saturated rings. The minimum atomic E-state index is 0.483. The molecule has 2 aromatic carbocycles. The van der Waals surface area contributed by atoms with Gasteiger partial charge >= 0.3 is 0 Å². The second-order valence-electron chi connectivity index (χ2n) is 4.29. The van der Waals surface area contributed by atoms with Crippen LogP contribution in [0.15, 0.2) is 34.8 Å². The second kappa shape index (κ2) is 5.53. The molecule has 102 valence electrons. The number of aryl methyl sites for hydroxylation is 1. The van der Waals surface area contributed by atoms with Crippen molar-refractivity contribution in [2.45, 2.75) is 6.92 Å². The summed E-state index contributed by atoms with van der Waals surface area (Å²) < 4.78 is 1.92. The van der Waals surface area contributed by atoms with Crippen LogP contribution in [0.4, 0.5) is 10.8 Å². The number of rotatable bonds is 2. The SMILES string of the molecule is Cc1cccc2sc(Nc3ccc(Br)c(Cl)c3Cl)nc12. The largest absolute Gasteiger partial charge is 0.330 e. The van der Waals surface area contributed by atoms with E-state index < -0.39 is 0 Å². The fraction of sp³-hybridized carbons (Fsp3) is 0.0714. The number of nitrogens with zero attached hydrogens (tertiary/aromatic N) is 1. The van der Waals surface area contributed by atoms with E-state index in [9.17, 15) is 0 Å². The lowest BCUT2D eigenvalue weighted by molar-refractivity contribution is 1.40. The summed E-state index contributed by atoms with van der Waals surface area (Å²) in [4.78, 5) is 4.59. The van der Waals surface area contributed by atoms with Crippen molar-refractivity contribution in [3.63, 3.8) is 0 Å². The van der Waals surface area contributed by atoms with E-state index >= 15 is 0 Å². The molecular weight excluding hydrogens is 379 g/mol. The molecule has 0 amide bonds. The molecule has 0 aliphatic carbocycles. The van der Waals surface area contributed by atoms with E-state index in [1.807, 2.05) is 18.2 Å². The number of benzene rings is 2. The van der Waals surface area contributed by atoms with Gasteiger partial charge in [0.25, 0.3) is 0 Å². The predicted octanol–water partition coefficient (Wildman–Crippen LogP) is 6.42. The normalized spacial score (nSPS) is 11.0. The van der Waals surface area contributed by atoms with Gasteiger partial charge in [-0.25, -0.2) is 4.98 Å². The molecule has 0 saturated carbocycles. The molecule has 6 heteroatoms. The maximum atomic E-state index is 6.23. The average Bonchev–Trinajstić information content (AvgIpc) is 2.84. The fourth-order valence-electron chi connectivity index (χ4n) is 1.88. The lowest BCUT2D eigenvalue weighted by Crippen LogP contribution is -1.91. The van der Waals surface area contributed by atoms with Gasteiger partial charge < -0.3 is 5.32 Å². The molecular formula is C14H9BrCl2N2S. The van der Waals surface area contributed by atoms with Crippen LogP contribution in [-0.4, -0.2) is 4.98 Å². The summed E-state index contributed by atoms with van der Waals surface area (Å²) >= 11 is 17.3. The summed E-state index contributed by atoms with van der Waals surface area (Å²) in [5, 5.41) is 5.01. The van der Waals surface area contributed by atoms with E-state index in [2.05, 4.69) is 45.3 Å². The zero-order valence-electron chi connectivity index (χ0n) is 10.4. The minimum absolute atomic E-state index is 0.483. The lowest BCUT2D eigenvalue weighted by atomic mass is 10.2. The van der Waals surface area contributed by atoms with Gasteiger partial charge in [-0.3, -0.25) is 0 Å². The zero-order valence-corrected chi connectivity index (χ0v) is 14.3. The molecule has 3 rings (SSSR count). The Morgan fingerprint density at radius 1 is 1.15 bits per heavy atom. The molecule has 0 aliphatic rings. The van der Waals surface area contributed by atoms with Crippen molar-refractivity contribution in [2.24, 2.45) is 0 Å². The number of hydrogen-bond donors (Lipinski definition) is 1. The van der Waals surface area contributed by atoms with Crippen molar-refractivity contribution in [2.75, 3.05) is 5.32 Å². The van der Waals surface area contributed by atoms with Gasteiger partial charge in [0.2, 0.25) is 0 Å². The third kappa shape index (κ3) is 2.53. The van der Waals surface area contributed by atoms with Gasteiger partial charge in [0.1, 0.15) is 0 Å². The fourth-order valence-corrected chi connectivity index (χ4v) is 3.65. The van der Waals surface area contributed by atoms with Crippen molar-refractivity contribution in [3.8, 4) is 0 Å². The molecule has 20 heavy (non-hydrogen) atoms. The van der Waals surface area contributed by atoms with Crippen LogP contribution in [0.1, 0.15) is 5.56 Å². The van der Waals surface area contributed by atoms with Gasteiger partial charge in [0, 0.05) is 4.47 Å². The summed E-state index contributed by atoms with van der Waals surface area (Å²) in [5.41, 5.74) is 2.92. The van der Waals surface area contributed by atoms with E-state index in [1.165, 1.54) is 0 Å². The number of halogens is 3. The first-order chi connectivity index (χ1) is 9.56. The Balaban J connectivity index is 2.01. The lowest BCUT2D eigenvalue weighted by Gasteiger charge is -2.07. The summed E-state index contributed by atoms with van der Waals surface area (Å²) in [6, 6.07) is 9.87. The molecule has 2 nitrogen and oxygen atoms in total. The van der Waals surface area contributed by atoms with E-state index in [0.29, 0.717) is 10.0 Å². The number of thiazole rings is 1. The molecule has 0 atom stereocenters. The second-order valence-corrected chi connectivity index (χ2v) is 6.93. The van der Waals surface area contributed by atoms with Crippen molar-refractivity contribution in [3.05, 3.63) is 50.4 Å². The van der Waals surface area contributed by atoms with Crippen molar-refractivity contribution < 1.29 is 0 Å². The highest BCUT2D eigenvalue weighted by Gasteiger charge is 2.11. The predicted molar refractivity (Wildman–Crippen MR) is 91.8 cm³/mol. The van der Waals surface area contributed by atoms with Gasteiger partial charge in [-0.15, -0.1) is 0 Å². The Hall–Kier alpha value is -0.810. The summed E-state index contributed by atoms with van der Waals surface area (Å²) in [6.07, 6.45) is 0. The Labute approximate surface area is 138 Å². The Bertz CT molecular complexity index is 801. The van der Waals surface area contributed by atoms with E-state index in [0.717, 1.165) is 31.1 Å². The van der Waals surface area contributed by atoms with Gasteiger partial charge in [0.05, 0.1) is 25.9 Å². The maximum absolute atomic E-state index is 6.23. The van der Waals surface area contributed by atoms with E-state index in [-0.39, 0.29) is 0 Å². The van der Waals surface area contributed by atoms with Crippen LogP contribution in [0.3, 0.4) is 0 Å². The highest BCUT2D eigenvalue weighted by molar-refractivity contribution is 9.10. The van der Waals surface area contributed by atoms with Crippen molar-refractivity contribution in [1.82, 2.24) is 4.98 Å². The van der Waals surface area contributed by atoms with Gasteiger partial charge in [-0.1, -0.05) is 46.7 Å². The molecule has 0 radical (unpaired) electrons. The first kappa shape index (κ1) is 14.1. The van der Waals surface area contributed by atoms with E-state index in [4.69, 9.17) is 23.2 Å². The Kier molecular flexibility index (Phi) is 3.91. The van der Waals surface area contributed by atoms with Crippen molar-refractivity contribution in [1.29, 1.82) is 0 Å². The maximum Gasteiger partial charge on any atom is 0.188 e. The van der Waals surface area contributed by atoms with Crippen LogP contribution in [0.2, 0.25) is 10.0 Å². The molecule has 0 unspecified atom stereocenters. The molecule has 0 saturated heterocycles. The third-order valence-electron chi connectivity index (χ3n) is 2.90. The topological polar surface area (TPSA) is 24.9 Å². The smallest absolute Gasteiger partial charge is 0.188 e. The molecule has 3 aromatic rings. The summed E-state index contributed by atoms with van der Waals surface area (Å²) in [5.74, 6) is 0. The number of anilines is 2. The molecule has 0 spiro atoms. The van der Waals surface area contributed by atoms with Crippen LogP contribution in [0.5, 0.6) is 0 Å². The van der Waals surface area contributed by atoms with Gasteiger partial charge in [0.15, 0.2) is 5.13 Å². The Morgan fingerprint density at radius 3 is 2.70 bits per heavy atom. The van der Waals surface area contributed by atoms with Crippen LogP contribution in [0, 0.1) is 6.92 Å². The quantitative estimate of drug-likeness (QED) is 0.513. The summed E-state index contributed by atoms with van der Waals surface area (Å²) in [7, 11) is 0. The van der Waals surface area contributed by atoms with Crippen molar-refractivity contribution >= 4 is 71.5 Å². The Morgan fingerprint density at radius 2 is 1.95 bits per heavy atom. The number of fused-ring (bicyclic) bond motifs is 1. The molecule has 1 heterocycles. The average molecular weight is 388 g/mol. The summed E-state index contributed by atoms with van der Waals surface area (Å²) in [6.45, 7) is 2.05. The van der Waals surface area contributed by atoms with E-state index in [1.54, 1.807) is 11.3 Å². The van der Waals surface area contributed by atoms with Crippen LogP contribution in [0.25, 0.3) is 10.2 Å². The zero-order chi connectivity index (χ0) is 14.3. The van der Waals surface area contributed by atoms with Gasteiger partial charge in [-0.05, 0) is 46.6 Å². The molecule has 1 N–H and O–H groups in total. The number of aromatic nitrogens is 1. The molecule has 1 aromatic heterocycles.